The summed E-state index contributed by atoms with van der Waals surface area (Å²) >= 11 is 0. The van der Waals surface area contributed by atoms with Crippen molar-refractivity contribution < 1.29 is 19.8 Å². The molecule has 4 nitrogen and oxygen atoms in total. The van der Waals surface area contributed by atoms with E-state index in [2.05, 4.69) is 26.8 Å². The molecule has 4 heteroatoms. The molecule has 0 saturated carbocycles. The number of allylic oxidation sites excluding steroid dienone is 5. The van der Waals surface area contributed by atoms with E-state index in [0.717, 1.165) is 12.8 Å². The molecule has 0 aromatic heterocycles. The molecule has 0 bridgehead atoms. The Kier molecular flexibility index (Phi) is 6.15. The summed E-state index contributed by atoms with van der Waals surface area (Å²) in [4.78, 5) is 23.1. The van der Waals surface area contributed by atoms with Crippen molar-refractivity contribution in [1.82, 2.24) is 0 Å². The average molecular weight is 306 g/mol. The molecule has 0 spiro atoms. The van der Waals surface area contributed by atoms with Crippen molar-refractivity contribution in [3.8, 4) is 0 Å². The number of rotatable bonds is 7. The lowest BCUT2D eigenvalue weighted by atomic mass is 9.61. The van der Waals surface area contributed by atoms with Gasteiger partial charge in [0, 0.05) is 5.41 Å². The van der Waals surface area contributed by atoms with Gasteiger partial charge in [0.1, 0.15) is 5.57 Å². The minimum Gasteiger partial charge on any atom is -0.477 e. The summed E-state index contributed by atoms with van der Waals surface area (Å²) in [5.74, 6) is -2.27. The van der Waals surface area contributed by atoms with Crippen LogP contribution in [-0.2, 0) is 9.59 Å². The van der Waals surface area contributed by atoms with Crippen molar-refractivity contribution in [1.29, 1.82) is 0 Å². The molecule has 0 saturated heterocycles. The Labute approximate surface area is 132 Å². The van der Waals surface area contributed by atoms with Crippen LogP contribution in [0.3, 0.4) is 0 Å². The molecule has 122 valence electrons. The third kappa shape index (κ3) is 3.49. The summed E-state index contributed by atoms with van der Waals surface area (Å²) < 4.78 is 0. The highest BCUT2D eigenvalue weighted by molar-refractivity contribution is 6.13. The first kappa shape index (κ1) is 18.2. The van der Waals surface area contributed by atoms with Crippen molar-refractivity contribution in [2.75, 3.05) is 0 Å². The molecule has 0 aromatic carbocycles. The van der Waals surface area contributed by atoms with E-state index in [1.165, 1.54) is 0 Å². The molecular formula is C18H26O4. The largest absolute Gasteiger partial charge is 0.477 e. The van der Waals surface area contributed by atoms with E-state index in [9.17, 15) is 19.8 Å². The normalized spacial score (nSPS) is 23.6. The zero-order chi connectivity index (χ0) is 16.9. The maximum Gasteiger partial charge on any atom is 0.343 e. The maximum atomic E-state index is 11.5. The predicted molar refractivity (Wildman–Crippen MR) is 86.5 cm³/mol. The van der Waals surface area contributed by atoms with Crippen LogP contribution in [0.5, 0.6) is 0 Å². The second-order valence-corrected chi connectivity index (χ2v) is 6.21. The first-order chi connectivity index (χ1) is 10.3. The number of carboxylic acid groups (broad SMARTS) is 2. The summed E-state index contributed by atoms with van der Waals surface area (Å²) in [6.07, 6.45) is 9.93. The Morgan fingerprint density at radius 1 is 1.14 bits per heavy atom. The summed E-state index contributed by atoms with van der Waals surface area (Å²) in [7, 11) is 0. The first-order valence-electron chi connectivity index (χ1n) is 7.86. The van der Waals surface area contributed by atoms with Crippen LogP contribution in [0.25, 0.3) is 0 Å². The molecule has 0 aliphatic heterocycles. The highest BCUT2D eigenvalue weighted by Gasteiger charge is 2.42. The second kappa shape index (κ2) is 7.43. The van der Waals surface area contributed by atoms with Crippen molar-refractivity contribution in [3.63, 3.8) is 0 Å². The van der Waals surface area contributed by atoms with Gasteiger partial charge in [-0.3, -0.25) is 0 Å². The summed E-state index contributed by atoms with van der Waals surface area (Å²) in [6, 6.07) is 0. The van der Waals surface area contributed by atoms with Gasteiger partial charge < -0.3 is 10.2 Å². The molecule has 1 rings (SSSR count). The van der Waals surface area contributed by atoms with E-state index in [1.807, 2.05) is 25.2 Å². The lowest BCUT2D eigenvalue weighted by molar-refractivity contribution is -0.140. The zero-order valence-electron chi connectivity index (χ0n) is 13.8. The number of hydrogen-bond acceptors (Lipinski definition) is 2. The molecule has 2 atom stereocenters. The number of hydrogen-bond donors (Lipinski definition) is 2. The smallest absolute Gasteiger partial charge is 0.343 e. The molecule has 1 aliphatic rings. The second-order valence-electron chi connectivity index (χ2n) is 6.21. The number of carboxylic acids is 2. The SMILES string of the molecule is CCC(=C(C(=O)O)C(=O)O)C1(CC(C)C)C=CC=CC1CC. The molecule has 1 aliphatic carbocycles. The Balaban J connectivity index is 3.64. The lowest BCUT2D eigenvalue weighted by Crippen LogP contribution is -2.35. The molecule has 0 radical (unpaired) electrons. The summed E-state index contributed by atoms with van der Waals surface area (Å²) in [5.41, 5.74) is -0.478. The molecule has 0 amide bonds. The van der Waals surface area contributed by atoms with Gasteiger partial charge in [0.05, 0.1) is 0 Å². The molecule has 0 heterocycles. The Morgan fingerprint density at radius 3 is 2.14 bits per heavy atom. The minimum absolute atomic E-state index is 0.114. The fourth-order valence-corrected chi connectivity index (χ4v) is 3.65. The van der Waals surface area contributed by atoms with E-state index in [-0.39, 0.29) is 5.92 Å². The van der Waals surface area contributed by atoms with Crippen LogP contribution in [0, 0.1) is 17.3 Å². The van der Waals surface area contributed by atoms with Gasteiger partial charge in [0.25, 0.3) is 0 Å². The zero-order valence-corrected chi connectivity index (χ0v) is 13.8. The highest BCUT2D eigenvalue weighted by Crippen LogP contribution is 2.49. The number of aliphatic carboxylic acids is 2. The molecule has 2 unspecified atom stereocenters. The molecule has 0 fully saturated rings. The molecular weight excluding hydrogens is 280 g/mol. The van der Waals surface area contributed by atoms with Crippen LogP contribution in [0.2, 0.25) is 0 Å². The van der Waals surface area contributed by atoms with Gasteiger partial charge in [-0.2, -0.15) is 0 Å². The van der Waals surface area contributed by atoms with Crippen molar-refractivity contribution in [2.45, 2.75) is 47.0 Å². The van der Waals surface area contributed by atoms with Crippen molar-refractivity contribution >= 4 is 11.9 Å². The van der Waals surface area contributed by atoms with Crippen LogP contribution < -0.4 is 0 Å². The van der Waals surface area contributed by atoms with Gasteiger partial charge in [-0.15, -0.1) is 0 Å². The van der Waals surface area contributed by atoms with Gasteiger partial charge >= 0.3 is 11.9 Å². The molecule has 2 N–H and O–H groups in total. The van der Waals surface area contributed by atoms with E-state index >= 15 is 0 Å². The fraction of sp³-hybridized carbons (Fsp3) is 0.556. The molecule has 22 heavy (non-hydrogen) atoms. The van der Waals surface area contributed by atoms with Crippen LogP contribution in [0.1, 0.15) is 47.0 Å². The maximum absolute atomic E-state index is 11.5. The average Bonchev–Trinajstić information content (AvgIpc) is 2.43. The minimum atomic E-state index is -1.36. The van der Waals surface area contributed by atoms with Crippen LogP contribution in [-0.4, -0.2) is 22.2 Å². The van der Waals surface area contributed by atoms with Gasteiger partial charge in [0.15, 0.2) is 0 Å². The van der Waals surface area contributed by atoms with Gasteiger partial charge in [0.2, 0.25) is 0 Å². The van der Waals surface area contributed by atoms with E-state index in [1.54, 1.807) is 0 Å². The van der Waals surface area contributed by atoms with Gasteiger partial charge in [-0.25, -0.2) is 9.59 Å². The van der Waals surface area contributed by atoms with Gasteiger partial charge in [-0.05, 0) is 36.7 Å². The fourth-order valence-electron chi connectivity index (χ4n) is 3.65. The van der Waals surface area contributed by atoms with Crippen molar-refractivity contribution in [2.24, 2.45) is 17.3 Å². The highest BCUT2D eigenvalue weighted by atomic mass is 16.4. The topological polar surface area (TPSA) is 74.6 Å². The van der Waals surface area contributed by atoms with Crippen LogP contribution in [0.4, 0.5) is 0 Å². The third-order valence-electron chi connectivity index (χ3n) is 4.34. The van der Waals surface area contributed by atoms with Crippen LogP contribution in [0.15, 0.2) is 35.5 Å². The quantitative estimate of drug-likeness (QED) is 0.423. The first-order valence-corrected chi connectivity index (χ1v) is 7.86. The Bertz CT molecular complexity index is 509. The monoisotopic (exact) mass is 306 g/mol. The van der Waals surface area contributed by atoms with Crippen LogP contribution >= 0.6 is 0 Å². The predicted octanol–water partition coefficient (Wildman–Crippen LogP) is 4.05. The number of carbonyl (C=O) groups is 2. The van der Waals surface area contributed by atoms with Gasteiger partial charge in [-0.1, -0.05) is 52.0 Å². The Morgan fingerprint density at radius 2 is 1.73 bits per heavy atom. The molecule has 0 aromatic rings. The summed E-state index contributed by atoms with van der Waals surface area (Å²) in [6.45, 7) is 8.05. The summed E-state index contributed by atoms with van der Waals surface area (Å²) in [5, 5.41) is 18.8. The Hall–Kier alpha value is -1.84. The van der Waals surface area contributed by atoms with E-state index in [4.69, 9.17) is 0 Å². The van der Waals surface area contributed by atoms with Crippen molar-refractivity contribution in [3.05, 3.63) is 35.5 Å². The standard InChI is InChI=1S/C18H26O4/c1-5-13-9-7-8-10-18(13,11-12(3)4)14(6-2)15(16(19)20)17(21)22/h7-10,12-13H,5-6,11H2,1-4H3,(H,19,20)(H,21,22). The lowest BCUT2D eigenvalue weighted by Gasteiger charge is -2.42. The third-order valence-corrected chi connectivity index (χ3v) is 4.34. The van der Waals surface area contributed by atoms with E-state index in [0.29, 0.717) is 17.9 Å². The van der Waals surface area contributed by atoms with E-state index < -0.39 is 22.9 Å².